The summed E-state index contributed by atoms with van der Waals surface area (Å²) >= 11 is 12.1. The fraction of sp³-hybridized carbons (Fsp3) is 0.480. The summed E-state index contributed by atoms with van der Waals surface area (Å²) in [6.07, 6.45) is 3.85. The number of hydrogen-bond acceptors (Lipinski definition) is 4. The van der Waals surface area contributed by atoms with Gasteiger partial charge in [-0.3, -0.25) is 9.69 Å². The van der Waals surface area contributed by atoms with Gasteiger partial charge in [-0.25, -0.2) is 12.7 Å². The van der Waals surface area contributed by atoms with Crippen LogP contribution in [0.3, 0.4) is 0 Å². The average molecular weight is 525 g/mol. The van der Waals surface area contributed by atoms with E-state index in [1.165, 1.54) is 22.7 Å². The number of carbonyl (C=O) groups excluding carboxylic acids is 1. The molecule has 0 aromatic heterocycles. The van der Waals surface area contributed by atoms with Crippen molar-refractivity contribution in [3.8, 4) is 0 Å². The van der Waals surface area contributed by atoms with E-state index in [1.54, 1.807) is 18.2 Å². The smallest absolute Gasteiger partial charge is 0.224 e. The Morgan fingerprint density at radius 3 is 2.53 bits per heavy atom. The summed E-state index contributed by atoms with van der Waals surface area (Å²) in [6.45, 7) is 4.27. The van der Waals surface area contributed by atoms with Crippen molar-refractivity contribution in [2.75, 3.05) is 26.2 Å². The molecule has 1 atom stereocenters. The highest BCUT2D eigenvalue weighted by Crippen LogP contribution is 2.26. The van der Waals surface area contributed by atoms with Gasteiger partial charge in [0, 0.05) is 36.2 Å². The van der Waals surface area contributed by atoms with Crippen molar-refractivity contribution >= 4 is 39.1 Å². The molecular formula is C25H31Cl2N3O3S. The number of hydrogen-bond donors (Lipinski definition) is 1. The number of rotatable bonds is 8. The Labute approximate surface area is 212 Å². The molecule has 2 aromatic carbocycles. The zero-order valence-corrected chi connectivity index (χ0v) is 21.5. The van der Waals surface area contributed by atoms with Gasteiger partial charge in [0.05, 0.1) is 11.7 Å². The van der Waals surface area contributed by atoms with Crippen molar-refractivity contribution < 1.29 is 13.2 Å². The van der Waals surface area contributed by atoms with Crippen molar-refractivity contribution in [3.05, 3.63) is 69.2 Å². The van der Waals surface area contributed by atoms with Crippen LogP contribution in [0.2, 0.25) is 10.0 Å². The minimum Gasteiger partial charge on any atom is -0.352 e. The predicted octanol–water partition coefficient (Wildman–Crippen LogP) is 4.45. The third-order valence-corrected chi connectivity index (χ3v) is 8.95. The molecular weight excluding hydrogens is 493 g/mol. The van der Waals surface area contributed by atoms with Gasteiger partial charge in [-0.15, -0.1) is 0 Å². The monoisotopic (exact) mass is 523 g/mol. The Morgan fingerprint density at radius 2 is 1.76 bits per heavy atom. The number of amides is 1. The van der Waals surface area contributed by atoms with E-state index in [0.717, 1.165) is 25.2 Å². The summed E-state index contributed by atoms with van der Waals surface area (Å²) in [5.41, 5.74) is 2.82. The maximum atomic E-state index is 13.0. The molecule has 4 rings (SSSR count). The Bertz CT molecular complexity index is 1120. The molecule has 2 heterocycles. The lowest BCUT2D eigenvalue weighted by Gasteiger charge is -2.31. The average Bonchev–Trinajstić information content (AvgIpc) is 3.33. The molecule has 0 spiro atoms. The van der Waals surface area contributed by atoms with Crippen LogP contribution in [-0.2, 0) is 33.7 Å². The summed E-state index contributed by atoms with van der Waals surface area (Å²) < 4.78 is 27.5. The molecule has 2 fully saturated rings. The van der Waals surface area contributed by atoms with Gasteiger partial charge >= 0.3 is 0 Å². The van der Waals surface area contributed by atoms with Gasteiger partial charge in [-0.2, -0.15) is 0 Å². The zero-order valence-electron chi connectivity index (χ0n) is 19.2. The van der Waals surface area contributed by atoms with Crippen LogP contribution in [0.25, 0.3) is 0 Å². The third kappa shape index (κ3) is 6.73. The molecule has 0 radical (unpaired) electrons. The lowest BCUT2D eigenvalue weighted by molar-refractivity contribution is -0.126. The fourth-order valence-corrected chi connectivity index (χ4v) is 6.90. The first-order valence-corrected chi connectivity index (χ1v) is 14.2. The molecule has 0 aliphatic carbocycles. The number of benzene rings is 2. The van der Waals surface area contributed by atoms with Crippen molar-refractivity contribution in [1.82, 2.24) is 14.5 Å². The Balaban J connectivity index is 1.32. The molecule has 0 bridgehead atoms. The number of likely N-dealkylation sites (tertiary alicyclic amines) is 1. The van der Waals surface area contributed by atoms with Crippen LogP contribution in [0.1, 0.15) is 42.4 Å². The van der Waals surface area contributed by atoms with Gasteiger partial charge in [-0.1, -0.05) is 53.5 Å². The van der Waals surface area contributed by atoms with Gasteiger partial charge in [0.2, 0.25) is 15.9 Å². The maximum absolute atomic E-state index is 13.0. The molecule has 2 aromatic rings. The van der Waals surface area contributed by atoms with Crippen LogP contribution in [-0.4, -0.2) is 49.7 Å². The largest absolute Gasteiger partial charge is 0.352 e. The predicted molar refractivity (Wildman–Crippen MR) is 136 cm³/mol. The summed E-state index contributed by atoms with van der Waals surface area (Å²) in [4.78, 5) is 15.3. The third-order valence-electron chi connectivity index (χ3n) is 6.56. The van der Waals surface area contributed by atoms with Crippen LogP contribution in [0.15, 0.2) is 42.5 Å². The fourth-order valence-electron chi connectivity index (χ4n) is 4.71. The lowest BCUT2D eigenvalue weighted by atomic mass is 9.98. The summed E-state index contributed by atoms with van der Waals surface area (Å²) in [6, 6.07) is 13.1. The minimum absolute atomic E-state index is 0.102. The van der Waals surface area contributed by atoms with E-state index in [9.17, 15) is 13.2 Å². The van der Waals surface area contributed by atoms with Gasteiger partial charge in [-0.05, 0) is 67.6 Å². The summed E-state index contributed by atoms with van der Waals surface area (Å²) in [7, 11) is -3.60. The second-order valence-electron chi connectivity index (χ2n) is 9.21. The molecule has 6 nitrogen and oxygen atoms in total. The summed E-state index contributed by atoms with van der Waals surface area (Å²) in [5.74, 6) is -0.674. The first-order valence-electron chi connectivity index (χ1n) is 11.8. The Kier molecular flexibility index (Phi) is 8.53. The van der Waals surface area contributed by atoms with Crippen molar-refractivity contribution in [3.63, 3.8) is 0 Å². The van der Waals surface area contributed by atoms with Crippen LogP contribution in [0.4, 0.5) is 0 Å². The van der Waals surface area contributed by atoms with E-state index in [2.05, 4.69) is 22.3 Å². The van der Waals surface area contributed by atoms with Crippen LogP contribution in [0.5, 0.6) is 0 Å². The molecule has 2 aliphatic rings. The SMILES string of the molecule is O=C(NCc1cccc(CN2CCCC2)c1)[C@H]1CCCN(S(=O)(=O)Cc2ccc(Cl)cc2Cl)C1. The number of sulfonamides is 1. The van der Waals surface area contributed by atoms with E-state index in [0.29, 0.717) is 41.5 Å². The first kappa shape index (κ1) is 25.5. The van der Waals surface area contributed by atoms with Crippen molar-refractivity contribution in [2.45, 2.75) is 44.5 Å². The molecule has 0 saturated carbocycles. The molecule has 2 aliphatic heterocycles. The Morgan fingerprint density at radius 1 is 1.00 bits per heavy atom. The molecule has 34 heavy (non-hydrogen) atoms. The standard InChI is InChI=1S/C25H31Cl2N3O3S/c26-23-9-8-22(24(27)14-23)18-34(32,33)30-12-4-7-21(17-30)25(31)28-15-19-5-3-6-20(13-19)16-29-10-1-2-11-29/h3,5-6,8-9,13-14,21H,1-2,4,7,10-12,15-18H2,(H,28,31)/t21-/m0/s1. The topological polar surface area (TPSA) is 69.7 Å². The minimum atomic E-state index is -3.60. The number of carbonyl (C=O) groups is 1. The van der Waals surface area contributed by atoms with E-state index < -0.39 is 10.0 Å². The highest BCUT2D eigenvalue weighted by Gasteiger charge is 2.32. The molecule has 2 saturated heterocycles. The normalized spacial score (nSPS) is 19.9. The second-order valence-corrected chi connectivity index (χ2v) is 12.0. The lowest BCUT2D eigenvalue weighted by Crippen LogP contribution is -2.45. The maximum Gasteiger partial charge on any atom is 0.224 e. The molecule has 9 heteroatoms. The van der Waals surface area contributed by atoms with Crippen molar-refractivity contribution in [1.29, 1.82) is 0 Å². The number of piperidine rings is 1. The van der Waals surface area contributed by atoms with E-state index in [4.69, 9.17) is 23.2 Å². The molecule has 1 N–H and O–H groups in total. The second kappa shape index (κ2) is 11.4. The van der Waals surface area contributed by atoms with Crippen LogP contribution >= 0.6 is 23.2 Å². The van der Waals surface area contributed by atoms with Gasteiger partial charge < -0.3 is 5.32 Å². The highest BCUT2D eigenvalue weighted by molar-refractivity contribution is 7.88. The number of nitrogens with zero attached hydrogens (tertiary/aromatic N) is 2. The first-order chi connectivity index (χ1) is 16.3. The molecule has 0 unspecified atom stereocenters. The zero-order chi connectivity index (χ0) is 24.1. The van der Waals surface area contributed by atoms with E-state index in [-0.39, 0.29) is 24.1 Å². The summed E-state index contributed by atoms with van der Waals surface area (Å²) in [5, 5.41) is 3.81. The highest BCUT2D eigenvalue weighted by atomic mass is 35.5. The van der Waals surface area contributed by atoms with Crippen LogP contribution < -0.4 is 5.32 Å². The quantitative estimate of drug-likeness (QED) is 0.554. The Hall–Kier alpha value is -1.64. The van der Waals surface area contributed by atoms with E-state index in [1.807, 2.05) is 12.1 Å². The van der Waals surface area contributed by atoms with Gasteiger partial charge in [0.1, 0.15) is 0 Å². The van der Waals surface area contributed by atoms with Gasteiger partial charge in [0.15, 0.2) is 0 Å². The van der Waals surface area contributed by atoms with Crippen LogP contribution in [0, 0.1) is 5.92 Å². The molecule has 1 amide bonds. The van der Waals surface area contributed by atoms with Crippen molar-refractivity contribution in [2.24, 2.45) is 5.92 Å². The van der Waals surface area contributed by atoms with Gasteiger partial charge in [0.25, 0.3) is 0 Å². The molecule has 184 valence electrons. The number of halogens is 2. The van der Waals surface area contributed by atoms with E-state index >= 15 is 0 Å². The number of nitrogens with one attached hydrogen (secondary N) is 1.